The number of rotatable bonds is 6. The van der Waals surface area contributed by atoms with Gasteiger partial charge in [-0.25, -0.2) is 13.1 Å². The molecule has 19 heavy (non-hydrogen) atoms. The smallest absolute Gasteiger partial charge is 0.241 e. The molecule has 5 heteroatoms. The Kier molecular flexibility index (Phi) is 4.16. The quantitative estimate of drug-likeness (QED) is 0.842. The van der Waals surface area contributed by atoms with Crippen LogP contribution in [0.2, 0.25) is 0 Å². The molecule has 1 aromatic rings. The van der Waals surface area contributed by atoms with E-state index in [1.165, 1.54) is 0 Å². The van der Waals surface area contributed by atoms with Gasteiger partial charge < -0.3 is 5.32 Å². The van der Waals surface area contributed by atoms with Crippen LogP contribution in [0, 0.1) is 19.8 Å². The second-order valence-electron chi connectivity index (χ2n) is 5.26. The molecule has 0 radical (unpaired) electrons. The number of benzene rings is 1. The number of sulfonamides is 1. The summed E-state index contributed by atoms with van der Waals surface area (Å²) >= 11 is 0. The maximum atomic E-state index is 12.3. The zero-order valence-corrected chi connectivity index (χ0v) is 12.6. The Labute approximate surface area is 115 Å². The highest BCUT2D eigenvalue weighted by Crippen LogP contribution is 2.29. The zero-order chi connectivity index (χ0) is 14.0. The van der Waals surface area contributed by atoms with Crippen LogP contribution in [0.3, 0.4) is 0 Å². The standard InChI is InChI=1S/C14H22N2O2S/c1-4-15-13-7-10(2)14(11(3)8-13)19(17,18)16-9-12-5-6-12/h7-8,12,15-16H,4-6,9H2,1-3H3. The number of anilines is 1. The fraction of sp³-hybridized carbons (Fsp3) is 0.571. The van der Waals surface area contributed by atoms with E-state index in [2.05, 4.69) is 10.0 Å². The van der Waals surface area contributed by atoms with Crippen LogP contribution < -0.4 is 10.0 Å². The van der Waals surface area contributed by atoms with Gasteiger partial charge in [0.2, 0.25) is 10.0 Å². The zero-order valence-electron chi connectivity index (χ0n) is 11.8. The van der Waals surface area contributed by atoms with Crippen molar-refractivity contribution in [1.82, 2.24) is 4.72 Å². The van der Waals surface area contributed by atoms with E-state index in [9.17, 15) is 8.42 Å². The second-order valence-corrected chi connectivity index (χ2v) is 6.97. The molecule has 1 saturated carbocycles. The van der Waals surface area contributed by atoms with Gasteiger partial charge in [-0.1, -0.05) is 0 Å². The summed E-state index contributed by atoms with van der Waals surface area (Å²) in [6.07, 6.45) is 2.28. The third kappa shape index (κ3) is 3.48. The first kappa shape index (κ1) is 14.3. The summed E-state index contributed by atoms with van der Waals surface area (Å²) in [6.45, 7) is 7.10. The molecule has 1 fully saturated rings. The minimum absolute atomic E-state index is 0.426. The molecule has 2 N–H and O–H groups in total. The number of hydrogen-bond acceptors (Lipinski definition) is 3. The SMILES string of the molecule is CCNc1cc(C)c(S(=O)(=O)NCC2CC2)c(C)c1. The Bertz CT molecular complexity index is 540. The number of aryl methyl sites for hydroxylation is 2. The van der Waals surface area contributed by atoms with Crippen molar-refractivity contribution in [2.75, 3.05) is 18.4 Å². The van der Waals surface area contributed by atoms with Crippen molar-refractivity contribution in [3.8, 4) is 0 Å². The van der Waals surface area contributed by atoms with Crippen molar-refractivity contribution < 1.29 is 8.42 Å². The van der Waals surface area contributed by atoms with Gasteiger partial charge in [0.25, 0.3) is 0 Å². The predicted molar refractivity (Wildman–Crippen MR) is 78.0 cm³/mol. The van der Waals surface area contributed by atoms with E-state index in [0.717, 1.165) is 36.2 Å². The van der Waals surface area contributed by atoms with Gasteiger partial charge in [-0.15, -0.1) is 0 Å². The highest BCUT2D eigenvalue weighted by molar-refractivity contribution is 7.89. The molecule has 2 rings (SSSR count). The largest absolute Gasteiger partial charge is 0.385 e. The van der Waals surface area contributed by atoms with Crippen LogP contribution in [0.15, 0.2) is 17.0 Å². The molecule has 0 amide bonds. The van der Waals surface area contributed by atoms with Gasteiger partial charge >= 0.3 is 0 Å². The third-order valence-corrected chi connectivity index (χ3v) is 5.10. The van der Waals surface area contributed by atoms with Crippen molar-refractivity contribution in [3.63, 3.8) is 0 Å². The van der Waals surface area contributed by atoms with Gasteiger partial charge in [0.05, 0.1) is 4.90 Å². The molecule has 0 aromatic heterocycles. The van der Waals surface area contributed by atoms with Crippen molar-refractivity contribution in [2.45, 2.75) is 38.5 Å². The lowest BCUT2D eigenvalue weighted by Gasteiger charge is -2.14. The minimum Gasteiger partial charge on any atom is -0.385 e. The summed E-state index contributed by atoms with van der Waals surface area (Å²) in [4.78, 5) is 0.426. The second kappa shape index (κ2) is 5.51. The van der Waals surface area contributed by atoms with Crippen molar-refractivity contribution in [1.29, 1.82) is 0 Å². The molecule has 0 bridgehead atoms. The maximum absolute atomic E-state index is 12.3. The highest BCUT2D eigenvalue weighted by Gasteiger charge is 2.26. The van der Waals surface area contributed by atoms with Gasteiger partial charge in [0, 0.05) is 18.8 Å². The molecular weight excluding hydrogens is 260 g/mol. The highest BCUT2D eigenvalue weighted by atomic mass is 32.2. The van der Waals surface area contributed by atoms with E-state index < -0.39 is 10.0 Å². The van der Waals surface area contributed by atoms with Gasteiger partial charge in [-0.3, -0.25) is 0 Å². The average molecular weight is 282 g/mol. The topological polar surface area (TPSA) is 58.2 Å². The van der Waals surface area contributed by atoms with Gasteiger partial charge in [0.15, 0.2) is 0 Å². The van der Waals surface area contributed by atoms with Gasteiger partial charge in [0.1, 0.15) is 0 Å². The van der Waals surface area contributed by atoms with Crippen molar-refractivity contribution >= 4 is 15.7 Å². The lowest BCUT2D eigenvalue weighted by Crippen LogP contribution is -2.27. The Hall–Kier alpha value is -1.07. The molecule has 0 spiro atoms. The van der Waals surface area contributed by atoms with E-state index in [-0.39, 0.29) is 0 Å². The van der Waals surface area contributed by atoms with Crippen LogP contribution in [0.5, 0.6) is 0 Å². The van der Waals surface area contributed by atoms with Crippen LogP contribution >= 0.6 is 0 Å². The fourth-order valence-corrected chi connectivity index (χ4v) is 3.87. The molecule has 0 unspecified atom stereocenters. The van der Waals surface area contributed by atoms with Crippen LogP contribution in [0.4, 0.5) is 5.69 Å². The minimum atomic E-state index is -3.39. The summed E-state index contributed by atoms with van der Waals surface area (Å²) < 4.78 is 27.4. The number of nitrogens with one attached hydrogen (secondary N) is 2. The molecule has 0 saturated heterocycles. The molecule has 106 valence electrons. The van der Waals surface area contributed by atoms with E-state index in [1.54, 1.807) is 0 Å². The van der Waals surface area contributed by atoms with E-state index >= 15 is 0 Å². The van der Waals surface area contributed by atoms with Gasteiger partial charge in [-0.2, -0.15) is 0 Å². The van der Waals surface area contributed by atoms with Crippen molar-refractivity contribution in [3.05, 3.63) is 23.3 Å². The lowest BCUT2D eigenvalue weighted by molar-refractivity contribution is 0.576. The Morgan fingerprint density at radius 3 is 2.26 bits per heavy atom. The van der Waals surface area contributed by atoms with E-state index in [1.807, 2.05) is 32.9 Å². The summed E-state index contributed by atoms with van der Waals surface area (Å²) in [5.41, 5.74) is 2.55. The van der Waals surface area contributed by atoms with E-state index in [4.69, 9.17) is 0 Å². The van der Waals surface area contributed by atoms with E-state index in [0.29, 0.717) is 17.4 Å². The Morgan fingerprint density at radius 2 is 1.79 bits per heavy atom. The number of hydrogen-bond donors (Lipinski definition) is 2. The fourth-order valence-electron chi connectivity index (χ4n) is 2.30. The summed E-state index contributed by atoms with van der Waals surface area (Å²) in [7, 11) is -3.39. The van der Waals surface area contributed by atoms with Crippen LogP contribution in [-0.4, -0.2) is 21.5 Å². The summed E-state index contributed by atoms with van der Waals surface area (Å²) in [5, 5.41) is 3.21. The molecular formula is C14H22N2O2S. The van der Waals surface area contributed by atoms with Crippen molar-refractivity contribution in [2.24, 2.45) is 5.92 Å². The Balaban J connectivity index is 2.27. The van der Waals surface area contributed by atoms with Crippen LogP contribution in [0.25, 0.3) is 0 Å². The normalized spacial score (nSPS) is 15.5. The molecule has 0 aliphatic heterocycles. The predicted octanol–water partition coefficient (Wildman–Crippen LogP) is 2.42. The lowest BCUT2D eigenvalue weighted by atomic mass is 10.1. The van der Waals surface area contributed by atoms with Crippen LogP contribution in [-0.2, 0) is 10.0 Å². The van der Waals surface area contributed by atoms with Crippen LogP contribution in [0.1, 0.15) is 30.9 Å². The molecule has 0 heterocycles. The first-order chi connectivity index (χ1) is 8.94. The maximum Gasteiger partial charge on any atom is 0.241 e. The monoisotopic (exact) mass is 282 g/mol. The first-order valence-corrected chi connectivity index (χ1v) is 8.27. The molecule has 1 aliphatic carbocycles. The molecule has 0 atom stereocenters. The molecule has 4 nitrogen and oxygen atoms in total. The van der Waals surface area contributed by atoms with Gasteiger partial charge in [-0.05, 0) is 62.8 Å². The summed E-state index contributed by atoms with van der Waals surface area (Å²) in [5.74, 6) is 0.538. The molecule has 1 aliphatic rings. The molecule has 1 aromatic carbocycles. The first-order valence-electron chi connectivity index (χ1n) is 6.79. The summed E-state index contributed by atoms with van der Waals surface area (Å²) in [6, 6.07) is 3.78. The Morgan fingerprint density at radius 1 is 1.21 bits per heavy atom. The average Bonchev–Trinajstić information content (AvgIpc) is 3.09. The third-order valence-electron chi connectivity index (χ3n) is 3.37.